The molecule has 0 amide bonds. The summed E-state index contributed by atoms with van der Waals surface area (Å²) in [5.74, 6) is 4.41. The van der Waals surface area contributed by atoms with E-state index in [0.29, 0.717) is 0 Å². The summed E-state index contributed by atoms with van der Waals surface area (Å²) in [7, 11) is 0. The van der Waals surface area contributed by atoms with Gasteiger partial charge in [-0.1, -0.05) is 11.6 Å². The van der Waals surface area contributed by atoms with E-state index in [4.69, 9.17) is 0 Å². The first-order chi connectivity index (χ1) is 9.72. The van der Waals surface area contributed by atoms with Crippen molar-refractivity contribution in [1.82, 2.24) is 10.2 Å². The Labute approximate surface area is 124 Å². The quantitative estimate of drug-likeness (QED) is 0.793. The summed E-state index contributed by atoms with van der Waals surface area (Å²) in [5.41, 5.74) is 1.45. The second-order valence-corrected chi connectivity index (χ2v) is 8.04. The number of allylic oxidation sites excluding steroid dienone is 1. The third-order valence-electron chi connectivity index (χ3n) is 6.51. The van der Waals surface area contributed by atoms with Gasteiger partial charge in [0.1, 0.15) is 0 Å². The third kappa shape index (κ3) is 2.35. The van der Waals surface area contributed by atoms with Crippen LogP contribution in [0.1, 0.15) is 46.0 Å². The Hall–Kier alpha value is -0.340. The summed E-state index contributed by atoms with van der Waals surface area (Å²) in [6.07, 6.45) is 9.77. The molecule has 1 saturated heterocycles. The van der Waals surface area contributed by atoms with Gasteiger partial charge in [-0.3, -0.25) is 4.90 Å². The molecule has 0 aromatic carbocycles. The van der Waals surface area contributed by atoms with E-state index < -0.39 is 0 Å². The highest BCUT2D eigenvalue weighted by Gasteiger charge is 2.64. The molecule has 4 unspecified atom stereocenters. The number of fused-ring (bicyclic) bond motifs is 5. The van der Waals surface area contributed by atoms with E-state index in [-0.39, 0.29) is 0 Å². The van der Waals surface area contributed by atoms with Crippen LogP contribution in [-0.4, -0.2) is 36.6 Å². The molecule has 2 bridgehead atoms. The lowest BCUT2D eigenvalue weighted by Crippen LogP contribution is -2.44. The normalized spacial score (nSPS) is 43.6. The molecule has 2 heteroatoms. The molecule has 3 aliphatic carbocycles. The molecule has 0 radical (unpaired) electrons. The molecule has 0 aromatic heterocycles. The summed E-state index contributed by atoms with van der Waals surface area (Å²) in [6.45, 7) is 8.14. The van der Waals surface area contributed by atoms with Crippen molar-refractivity contribution in [3.05, 3.63) is 11.6 Å². The Bertz CT molecular complexity index is 374. The smallest absolute Gasteiger partial charge is 0.0165 e. The van der Waals surface area contributed by atoms with Gasteiger partial charge >= 0.3 is 0 Å². The molecule has 1 N–H and O–H groups in total. The van der Waals surface area contributed by atoms with Crippen LogP contribution < -0.4 is 5.32 Å². The van der Waals surface area contributed by atoms with Crippen molar-refractivity contribution in [1.29, 1.82) is 0 Å². The van der Waals surface area contributed by atoms with Crippen LogP contribution >= 0.6 is 0 Å². The zero-order valence-corrected chi connectivity index (χ0v) is 13.1. The summed E-state index contributed by atoms with van der Waals surface area (Å²) in [4.78, 5) is 2.61. The molecule has 0 spiro atoms. The van der Waals surface area contributed by atoms with Gasteiger partial charge in [-0.05, 0) is 82.7 Å². The fourth-order valence-electron chi connectivity index (χ4n) is 5.41. The minimum atomic E-state index is 0.813. The zero-order chi connectivity index (χ0) is 13.7. The third-order valence-corrected chi connectivity index (χ3v) is 6.51. The molecule has 20 heavy (non-hydrogen) atoms. The number of hydrogen-bond acceptors (Lipinski definition) is 2. The first-order valence-corrected chi connectivity index (χ1v) is 8.84. The molecule has 112 valence electrons. The fourth-order valence-corrected chi connectivity index (χ4v) is 5.41. The predicted molar refractivity (Wildman–Crippen MR) is 83.6 cm³/mol. The van der Waals surface area contributed by atoms with Crippen molar-refractivity contribution < 1.29 is 0 Å². The number of rotatable bonds is 4. The molecule has 4 aliphatic rings. The SMILES string of the molecule is CC(C)=CCN1CCC(NC2C3C4CCC(C4)C23)CC1. The van der Waals surface area contributed by atoms with Gasteiger partial charge in [-0.15, -0.1) is 0 Å². The van der Waals surface area contributed by atoms with Crippen molar-refractivity contribution in [3.63, 3.8) is 0 Å². The molecular formula is C18H30N2. The summed E-state index contributed by atoms with van der Waals surface area (Å²) in [5, 5.41) is 4.04. The van der Waals surface area contributed by atoms with Crippen LogP contribution in [-0.2, 0) is 0 Å². The van der Waals surface area contributed by atoms with E-state index in [9.17, 15) is 0 Å². The second-order valence-electron chi connectivity index (χ2n) is 8.04. The van der Waals surface area contributed by atoms with Gasteiger partial charge < -0.3 is 5.32 Å². The number of nitrogens with zero attached hydrogens (tertiary/aromatic N) is 1. The molecular weight excluding hydrogens is 244 g/mol. The molecule has 4 rings (SSSR count). The van der Waals surface area contributed by atoms with Crippen LogP contribution in [0.5, 0.6) is 0 Å². The monoisotopic (exact) mass is 274 g/mol. The highest BCUT2D eigenvalue weighted by atomic mass is 15.1. The maximum absolute atomic E-state index is 4.04. The van der Waals surface area contributed by atoms with Gasteiger partial charge in [-0.2, -0.15) is 0 Å². The Morgan fingerprint density at radius 2 is 1.70 bits per heavy atom. The van der Waals surface area contributed by atoms with Gasteiger partial charge in [0.2, 0.25) is 0 Å². The maximum Gasteiger partial charge on any atom is 0.0165 e. The van der Waals surface area contributed by atoms with Gasteiger partial charge in [0.15, 0.2) is 0 Å². The number of nitrogens with one attached hydrogen (secondary N) is 1. The first-order valence-electron chi connectivity index (χ1n) is 8.84. The van der Waals surface area contributed by atoms with Crippen LogP contribution in [0.2, 0.25) is 0 Å². The minimum Gasteiger partial charge on any atom is -0.311 e. The number of hydrogen-bond donors (Lipinski definition) is 1. The lowest BCUT2D eigenvalue weighted by Gasteiger charge is -2.32. The summed E-state index contributed by atoms with van der Waals surface area (Å²) >= 11 is 0. The average molecular weight is 274 g/mol. The number of likely N-dealkylation sites (tertiary alicyclic amines) is 1. The Morgan fingerprint density at radius 3 is 2.30 bits per heavy atom. The van der Waals surface area contributed by atoms with Gasteiger partial charge in [0, 0.05) is 18.6 Å². The van der Waals surface area contributed by atoms with Gasteiger partial charge in [-0.25, -0.2) is 0 Å². The van der Waals surface area contributed by atoms with E-state index in [1.54, 1.807) is 19.3 Å². The maximum atomic E-state index is 4.04. The van der Waals surface area contributed by atoms with Gasteiger partial charge in [0.05, 0.1) is 0 Å². The number of piperidine rings is 1. The lowest BCUT2D eigenvalue weighted by molar-refractivity contribution is 0.209. The first kappa shape index (κ1) is 13.3. The van der Waals surface area contributed by atoms with Crippen molar-refractivity contribution >= 4 is 0 Å². The van der Waals surface area contributed by atoms with Crippen LogP contribution in [0, 0.1) is 23.7 Å². The van der Waals surface area contributed by atoms with Crippen molar-refractivity contribution in [2.45, 2.75) is 58.0 Å². The van der Waals surface area contributed by atoms with E-state index in [0.717, 1.165) is 42.3 Å². The van der Waals surface area contributed by atoms with Crippen LogP contribution in [0.3, 0.4) is 0 Å². The predicted octanol–water partition coefficient (Wildman–Crippen LogP) is 3.05. The molecule has 1 heterocycles. The Balaban J connectivity index is 1.22. The average Bonchev–Trinajstić information content (AvgIpc) is 2.84. The van der Waals surface area contributed by atoms with E-state index in [1.807, 2.05) is 0 Å². The molecule has 1 aliphatic heterocycles. The lowest BCUT2D eigenvalue weighted by atomic mass is 10.0. The molecule has 3 saturated carbocycles. The molecule has 2 nitrogen and oxygen atoms in total. The fraction of sp³-hybridized carbons (Fsp3) is 0.889. The minimum absolute atomic E-state index is 0.813. The topological polar surface area (TPSA) is 15.3 Å². The van der Waals surface area contributed by atoms with Crippen molar-refractivity contribution in [2.75, 3.05) is 19.6 Å². The Kier molecular flexibility index (Phi) is 3.42. The zero-order valence-electron chi connectivity index (χ0n) is 13.1. The molecule has 4 atom stereocenters. The summed E-state index contributed by atoms with van der Waals surface area (Å²) < 4.78 is 0. The van der Waals surface area contributed by atoms with Crippen LogP contribution in [0.25, 0.3) is 0 Å². The highest BCUT2D eigenvalue weighted by Crippen LogP contribution is 2.65. The van der Waals surface area contributed by atoms with Crippen LogP contribution in [0.4, 0.5) is 0 Å². The standard InChI is InChI=1S/C18H30N2/c1-12(2)5-8-20-9-6-15(7-10-20)19-18-16-13-3-4-14(11-13)17(16)18/h5,13-19H,3-4,6-11H2,1-2H3. The van der Waals surface area contributed by atoms with Gasteiger partial charge in [0.25, 0.3) is 0 Å². The van der Waals surface area contributed by atoms with E-state index in [1.165, 1.54) is 31.5 Å². The molecule has 4 fully saturated rings. The largest absolute Gasteiger partial charge is 0.311 e. The second kappa shape index (κ2) is 5.14. The summed E-state index contributed by atoms with van der Waals surface area (Å²) in [6, 6.07) is 1.74. The Morgan fingerprint density at radius 1 is 1.05 bits per heavy atom. The highest BCUT2D eigenvalue weighted by molar-refractivity contribution is 5.17. The van der Waals surface area contributed by atoms with Crippen molar-refractivity contribution in [2.24, 2.45) is 23.7 Å². The van der Waals surface area contributed by atoms with Crippen molar-refractivity contribution in [3.8, 4) is 0 Å². The van der Waals surface area contributed by atoms with E-state index in [2.05, 4.69) is 30.1 Å². The van der Waals surface area contributed by atoms with E-state index >= 15 is 0 Å². The molecule has 0 aromatic rings. The van der Waals surface area contributed by atoms with Crippen LogP contribution in [0.15, 0.2) is 11.6 Å².